The Kier molecular flexibility index (Phi) is 3.37. The normalized spacial score (nSPS) is 21.8. The number of halogens is 1. The van der Waals surface area contributed by atoms with Crippen LogP contribution in [0, 0.1) is 0 Å². The molecule has 5 nitrogen and oxygen atoms in total. The second-order valence-corrected chi connectivity index (χ2v) is 6.44. The van der Waals surface area contributed by atoms with E-state index in [0.29, 0.717) is 18.5 Å². The lowest BCUT2D eigenvalue weighted by molar-refractivity contribution is 0.00159. The fourth-order valence-electron chi connectivity index (χ4n) is 3.44. The first kappa shape index (κ1) is 15.2. The van der Waals surface area contributed by atoms with Crippen molar-refractivity contribution >= 4 is 23.4 Å². The van der Waals surface area contributed by atoms with Crippen molar-refractivity contribution in [1.82, 2.24) is 5.32 Å². The van der Waals surface area contributed by atoms with Crippen LogP contribution in [0.25, 0.3) is 0 Å². The number of aromatic hydroxyl groups is 1. The quantitative estimate of drug-likeness (QED) is 0.647. The van der Waals surface area contributed by atoms with E-state index in [-0.39, 0.29) is 27.7 Å². The van der Waals surface area contributed by atoms with Gasteiger partial charge in [0.1, 0.15) is 5.75 Å². The van der Waals surface area contributed by atoms with Gasteiger partial charge in [-0.3, -0.25) is 4.79 Å². The summed E-state index contributed by atoms with van der Waals surface area (Å²) in [7, 11) is 0. The molecular weight excluding hydrogens is 330 g/mol. The molecule has 1 unspecified atom stereocenters. The summed E-state index contributed by atoms with van der Waals surface area (Å²) in [4.78, 5) is 25.3. The van der Waals surface area contributed by atoms with Crippen LogP contribution in [0.5, 0.6) is 5.75 Å². The smallest absolute Gasteiger partial charge is 0.340 e. The van der Waals surface area contributed by atoms with Crippen molar-refractivity contribution in [3.63, 3.8) is 0 Å². The van der Waals surface area contributed by atoms with Crippen LogP contribution in [0.15, 0.2) is 36.4 Å². The fourth-order valence-corrected chi connectivity index (χ4v) is 3.70. The van der Waals surface area contributed by atoms with Crippen LogP contribution in [-0.4, -0.2) is 29.9 Å². The van der Waals surface area contributed by atoms with Crippen molar-refractivity contribution < 1.29 is 19.4 Å². The average molecular weight is 344 g/mol. The number of ether oxygens (including phenoxy) is 1. The Balaban J connectivity index is 1.85. The molecule has 2 aliphatic rings. The third-order valence-electron chi connectivity index (χ3n) is 4.61. The monoisotopic (exact) mass is 343 g/mol. The molecule has 0 radical (unpaired) electrons. The van der Waals surface area contributed by atoms with Gasteiger partial charge in [-0.05, 0) is 24.7 Å². The van der Waals surface area contributed by atoms with E-state index in [1.165, 1.54) is 18.2 Å². The number of phenolic OH excluding ortho intramolecular Hbond substituents is 1. The number of carbonyl (C=O) groups is 2. The Morgan fingerprint density at radius 2 is 2.08 bits per heavy atom. The lowest BCUT2D eigenvalue weighted by Gasteiger charge is -2.21. The van der Waals surface area contributed by atoms with Crippen molar-refractivity contribution in [2.45, 2.75) is 12.0 Å². The maximum Gasteiger partial charge on any atom is 0.340 e. The summed E-state index contributed by atoms with van der Waals surface area (Å²) in [6.07, 6.45) is 0.684. The summed E-state index contributed by atoms with van der Waals surface area (Å²) in [5, 5.41) is 12.8. The molecule has 1 spiro atoms. The van der Waals surface area contributed by atoms with Crippen molar-refractivity contribution in [3.8, 4) is 5.75 Å². The third kappa shape index (κ3) is 2.12. The molecule has 0 bridgehead atoms. The van der Waals surface area contributed by atoms with Gasteiger partial charge in [0.2, 0.25) is 0 Å². The Morgan fingerprint density at radius 1 is 1.25 bits per heavy atom. The standard InChI is InChI=1S/C18H14ClNO4/c19-14-8-10(21)4-5-11(14)16(22)12-2-1-3-13-15(12)17(23)24-18(13)6-7-20-9-18/h1-5,8,20-21H,6-7,9H2. The first-order valence-corrected chi connectivity index (χ1v) is 8.00. The number of fused-ring (bicyclic) bond motifs is 2. The van der Waals surface area contributed by atoms with Gasteiger partial charge < -0.3 is 15.2 Å². The Morgan fingerprint density at radius 3 is 2.79 bits per heavy atom. The number of nitrogens with one attached hydrogen (secondary N) is 1. The Bertz CT molecular complexity index is 871. The van der Waals surface area contributed by atoms with E-state index in [1.807, 2.05) is 6.07 Å². The maximum atomic E-state index is 12.9. The van der Waals surface area contributed by atoms with Crippen LogP contribution in [0.3, 0.4) is 0 Å². The molecule has 6 heteroatoms. The lowest BCUT2D eigenvalue weighted by Crippen LogP contribution is -2.28. The van der Waals surface area contributed by atoms with Crippen molar-refractivity contribution in [1.29, 1.82) is 0 Å². The van der Waals surface area contributed by atoms with E-state index in [0.717, 1.165) is 12.1 Å². The summed E-state index contributed by atoms with van der Waals surface area (Å²) in [6, 6.07) is 9.34. The topological polar surface area (TPSA) is 75.6 Å². The summed E-state index contributed by atoms with van der Waals surface area (Å²) < 4.78 is 5.63. The van der Waals surface area contributed by atoms with Gasteiger partial charge in [-0.25, -0.2) is 4.79 Å². The van der Waals surface area contributed by atoms with Crippen LogP contribution in [0.2, 0.25) is 5.02 Å². The minimum Gasteiger partial charge on any atom is -0.508 e. The highest BCUT2D eigenvalue weighted by Gasteiger charge is 2.48. The largest absolute Gasteiger partial charge is 0.508 e. The van der Waals surface area contributed by atoms with Crippen LogP contribution in [-0.2, 0) is 10.3 Å². The molecule has 0 amide bonds. The van der Waals surface area contributed by atoms with Crippen LogP contribution in [0.1, 0.15) is 38.3 Å². The molecule has 1 saturated heterocycles. The van der Waals surface area contributed by atoms with E-state index < -0.39 is 11.6 Å². The van der Waals surface area contributed by atoms with Gasteiger partial charge in [0.15, 0.2) is 11.4 Å². The number of hydrogen-bond donors (Lipinski definition) is 2. The molecule has 4 rings (SSSR count). The Labute approximate surface area is 143 Å². The number of benzene rings is 2. The van der Waals surface area contributed by atoms with Crippen molar-refractivity contribution in [3.05, 3.63) is 63.7 Å². The zero-order chi connectivity index (χ0) is 16.9. The van der Waals surface area contributed by atoms with Gasteiger partial charge in [0.25, 0.3) is 0 Å². The molecule has 1 fully saturated rings. The summed E-state index contributed by atoms with van der Waals surface area (Å²) in [6.45, 7) is 1.30. The molecule has 0 saturated carbocycles. The van der Waals surface area contributed by atoms with E-state index >= 15 is 0 Å². The predicted octanol–water partition coefficient (Wildman–Crippen LogP) is 2.64. The number of ketones is 1. The van der Waals surface area contributed by atoms with Gasteiger partial charge in [-0.2, -0.15) is 0 Å². The minimum absolute atomic E-state index is 0.0229. The van der Waals surface area contributed by atoms with E-state index in [1.54, 1.807) is 12.1 Å². The van der Waals surface area contributed by atoms with Crippen LogP contribution in [0.4, 0.5) is 0 Å². The Hall–Kier alpha value is -2.37. The molecule has 2 aromatic rings. The number of esters is 1. The second kappa shape index (κ2) is 5.33. The number of phenols is 1. The molecular formula is C18H14ClNO4. The highest BCUT2D eigenvalue weighted by atomic mass is 35.5. The summed E-state index contributed by atoms with van der Waals surface area (Å²) >= 11 is 6.08. The van der Waals surface area contributed by atoms with E-state index in [9.17, 15) is 14.7 Å². The van der Waals surface area contributed by atoms with Crippen molar-refractivity contribution in [2.75, 3.05) is 13.1 Å². The molecule has 2 aliphatic heterocycles. The molecule has 24 heavy (non-hydrogen) atoms. The summed E-state index contributed by atoms with van der Waals surface area (Å²) in [5.74, 6) is -0.866. The first-order chi connectivity index (χ1) is 11.5. The van der Waals surface area contributed by atoms with Crippen molar-refractivity contribution in [2.24, 2.45) is 0 Å². The van der Waals surface area contributed by atoms with E-state index in [4.69, 9.17) is 16.3 Å². The average Bonchev–Trinajstić information content (AvgIpc) is 3.13. The zero-order valence-corrected chi connectivity index (χ0v) is 13.4. The van der Waals surface area contributed by atoms with Gasteiger partial charge in [-0.15, -0.1) is 0 Å². The van der Waals surface area contributed by atoms with Crippen LogP contribution >= 0.6 is 11.6 Å². The first-order valence-electron chi connectivity index (χ1n) is 7.63. The van der Waals surface area contributed by atoms with E-state index in [2.05, 4.69) is 5.32 Å². The molecule has 0 aromatic heterocycles. The lowest BCUT2D eigenvalue weighted by atomic mass is 9.87. The number of carbonyl (C=O) groups excluding carboxylic acids is 2. The fraction of sp³-hybridized carbons (Fsp3) is 0.222. The molecule has 2 heterocycles. The number of hydrogen-bond acceptors (Lipinski definition) is 5. The second-order valence-electron chi connectivity index (χ2n) is 6.03. The molecule has 2 N–H and O–H groups in total. The molecule has 2 aromatic carbocycles. The van der Waals surface area contributed by atoms with Gasteiger partial charge in [0.05, 0.1) is 10.6 Å². The van der Waals surface area contributed by atoms with Crippen LogP contribution < -0.4 is 5.32 Å². The van der Waals surface area contributed by atoms with Gasteiger partial charge in [-0.1, -0.05) is 29.8 Å². The molecule has 1 atom stereocenters. The predicted molar refractivity (Wildman–Crippen MR) is 87.6 cm³/mol. The third-order valence-corrected chi connectivity index (χ3v) is 4.92. The highest BCUT2D eigenvalue weighted by molar-refractivity contribution is 6.35. The SMILES string of the molecule is O=C(c1ccc(O)cc1Cl)c1cccc2c1C(=O)OC21CCNC1. The minimum atomic E-state index is -0.679. The molecule has 0 aliphatic carbocycles. The number of rotatable bonds is 2. The maximum absolute atomic E-state index is 12.9. The summed E-state index contributed by atoms with van der Waals surface area (Å²) in [5.41, 5.74) is 0.894. The highest BCUT2D eigenvalue weighted by Crippen LogP contribution is 2.42. The zero-order valence-electron chi connectivity index (χ0n) is 12.6. The van der Waals surface area contributed by atoms with Gasteiger partial charge in [0, 0.05) is 29.7 Å². The molecule has 122 valence electrons. The van der Waals surface area contributed by atoms with Gasteiger partial charge >= 0.3 is 5.97 Å².